The fourth-order valence-corrected chi connectivity index (χ4v) is 3.52. The number of benzene rings is 2. The summed E-state index contributed by atoms with van der Waals surface area (Å²) in [7, 11) is 1.63. The molecular formula is C22H22N2O3. The minimum atomic E-state index is -0.195. The minimum Gasteiger partial charge on any atom is -0.497 e. The topological polar surface area (TPSA) is 60.5 Å². The highest BCUT2D eigenvalue weighted by molar-refractivity contribution is 5.84. The molecule has 138 valence electrons. The van der Waals surface area contributed by atoms with E-state index < -0.39 is 0 Å². The molecule has 1 aliphatic rings. The molecule has 27 heavy (non-hydrogen) atoms. The highest BCUT2D eigenvalue weighted by Crippen LogP contribution is 2.31. The Morgan fingerprint density at radius 2 is 2.19 bits per heavy atom. The first-order chi connectivity index (χ1) is 13.2. The van der Waals surface area contributed by atoms with Gasteiger partial charge in [-0.05, 0) is 48.2 Å². The van der Waals surface area contributed by atoms with E-state index >= 15 is 0 Å². The molecule has 1 aliphatic heterocycles. The molecule has 4 rings (SSSR count). The summed E-state index contributed by atoms with van der Waals surface area (Å²) < 4.78 is 11.0. The van der Waals surface area contributed by atoms with Crippen LogP contribution in [0, 0.1) is 12.8 Å². The second-order valence-corrected chi connectivity index (χ2v) is 6.83. The first-order valence-electron chi connectivity index (χ1n) is 9.06. The van der Waals surface area contributed by atoms with Gasteiger partial charge in [-0.2, -0.15) is 0 Å². The molecule has 1 unspecified atom stereocenters. The lowest BCUT2D eigenvalue weighted by Crippen LogP contribution is -2.37. The summed E-state index contributed by atoms with van der Waals surface area (Å²) in [6.45, 7) is 2.92. The van der Waals surface area contributed by atoms with Crippen molar-refractivity contribution in [1.29, 1.82) is 0 Å². The first-order valence-corrected chi connectivity index (χ1v) is 9.06. The number of fused-ring (bicyclic) bond motifs is 2. The average Bonchev–Trinajstić information content (AvgIpc) is 2.72. The molecule has 5 heteroatoms. The number of rotatable bonds is 4. The van der Waals surface area contributed by atoms with Crippen molar-refractivity contribution in [1.82, 2.24) is 10.3 Å². The van der Waals surface area contributed by atoms with Gasteiger partial charge in [0.25, 0.3) is 0 Å². The van der Waals surface area contributed by atoms with Crippen LogP contribution in [0.5, 0.6) is 11.5 Å². The number of ether oxygens (including phenoxy) is 2. The lowest BCUT2D eigenvalue weighted by Gasteiger charge is -2.25. The van der Waals surface area contributed by atoms with Crippen molar-refractivity contribution in [2.45, 2.75) is 19.9 Å². The van der Waals surface area contributed by atoms with Gasteiger partial charge >= 0.3 is 0 Å². The van der Waals surface area contributed by atoms with Crippen LogP contribution in [0.25, 0.3) is 10.9 Å². The maximum atomic E-state index is 12.7. The Labute approximate surface area is 158 Å². The number of carbonyl (C=O) groups is 1. The van der Waals surface area contributed by atoms with Gasteiger partial charge in [0.05, 0.1) is 18.5 Å². The normalized spacial score (nSPS) is 15.7. The van der Waals surface area contributed by atoms with Gasteiger partial charge in [-0.15, -0.1) is 0 Å². The number of hydrogen-bond acceptors (Lipinski definition) is 4. The number of carbonyl (C=O) groups excluding carboxylic acids is 1. The molecule has 1 N–H and O–H groups in total. The number of aryl methyl sites for hydroxylation is 1. The van der Waals surface area contributed by atoms with Crippen LogP contribution in [0.3, 0.4) is 0 Å². The Morgan fingerprint density at radius 1 is 1.30 bits per heavy atom. The predicted octanol–water partition coefficient (Wildman–Crippen LogP) is 3.42. The number of pyridine rings is 1. The van der Waals surface area contributed by atoms with Crippen LogP contribution in [0.15, 0.2) is 48.7 Å². The van der Waals surface area contributed by atoms with E-state index in [1.54, 1.807) is 13.3 Å². The molecule has 0 saturated heterocycles. The van der Waals surface area contributed by atoms with E-state index in [-0.39, 0.29) is 11.8 Å². The Kier molecular flexibility index (Phi) is 4.67. The molecular weight excluding hydrogens is 340 g/mol. The third-order valence-corrected chi connectivity index (χ3v) is 5.12. The van der Waals surface area contributed by atoms with Gasteiger partial charge in [0.15, 0.2) is 0 Å². The molecule has 1 amide bonds. The van der Waals surface area contributed by atoms with Crippen molar-refractivity contribution in [3.63, 3.8) is 0 Å². The summed E-state index contributed by atoms with van der Waals surface area (Å²) in [6.07, 6.45) is 2.45. The van der Waals surface area contributed by atoms with E-state index in [1.165, 1.54) is 0 Å². The van der Waals surface area contributed by atoms with Crippen LogP contribution < -0.4 is 14.8 Å². The number of nitrogens with one attached hydrogen (secondary N) is 1. The third kappa shape index (κ3) is 3.45. The smallest absolute Gasteiger partial charge is 0.227 e. The van der Waals surface area contributed by atoms with Crippen molar-refractivity contribution in [2.75, 3.05) is 13.7 Å². The zero-order valence-electron chi connectivity index (χ0n) is 15.5. The molecule has 0 bridgehead atoms. The number of hydrogen-bond donors (Lipinski definition) is 1. The maximum Gasteiger partial charge on any atom is 0.227 e. The van der Waals surface area contributed by atoms with E-state index in [9.17, 15) is 4.79 Å². The molecule has 0 saturated carbocycles. The molecule has 5 nitrogen and oxygen atoms in total. The zero-order valence-corrected chi connectivity index (χ0v) is 15.5. The zero-order chi connectivity index (χ0) is 18.8. The summed E-state index contributed by atoms with van der Waals surface area (Å²) in [5.74, 6) is 1.38. The Hall–Kier alpha value is -3.08. The molecule has 3 aromatic rings. The first kappa shape index (κ1) is 17.3. The number of aromatic nitrogens is 1. The highest BCUT2D eigenvalue weighted by atomic mass is 16.5. The van der Waals surface area contributed by atoms with E-state index in [2.05, 4.69) is 17.2 Å². The fourth-order valence-electron chi connectivity index (χ4n) is 3.52. The fraction of sp³-hybridized carbons (Fsp3) is 0.273. The lowest BCUT2D eigenvalue weighted by atomic mass is 9.95. The second-order valence-electron chi connectivity index (χ2n) is 6.83. The summed E-state index contributed by atoms with van der Waals surface area (Å²) in [5, 5.41) is 4.16. The molecule has 0 spiro atoms. The molecule has 1 atom stereocenters. The average molecular weight is 362 g/mol. The number of methoxy groups -OCH3 is 1. The van der Waals surface area contributed by atoms with Crippen LogP contribution >= 0.6 is 0 Å². The number of nitrogens with zero attached hydrogens (tertiary/aromatic N) is 1. The molecule has 1 aromatic heterocycles. The second kappa shape index (κ2) is 7.27. The van der Waals surface area contributed by atoms with Gasteiger partial charge in [-0.25, -0.2) is 0 Å². The standard InChI is InChI=1S/C22H22N2O3/c1-14-5-8-20-18(4-3-9-23-20)19(14)12-24-22(25)16-10-15-6-7-17(26-2)11-21(15)27-13-16/h3-9,11,16H,10,12-13H2,1-2H3,(H,24,25). The molecule has 0 fully saturated rings. The number of amides is 1. The van der Waals surface area contributed by atoms with E-state index in [4.69, 9.17) is 9.47 Å². The van der Waals surface area contributed by atoms with Crippen molar-refractivity contribution in [3.05, 3.63) is 65.4 Å². The van der Waals surface area contributed by atoms with Gasteiger partial charge in [-0.3, -0.25) is 9.78 Å². The van der Waals surface area contributed by atoms with Crippen molar-refractivity contribution in [3.8, 4) is 11.5 Å². The summed E-state index contributed by atoms with van der Waals surface area (Å²) in [5.41, 5.74) is 4.23. The molecule has 0 aliphatic carbocycles. The predicted molar refractivity (Wildman–Crippen MR) is 104 cm³/mol. The van der Waals surface area contributed by atoms with Crippen molar-refractivity contribution < 1.29 is 14.3 Å². The van der Waals surface area contributed by atoms with Crippen LogP contribution in [0.2, 0.25) is 0 Å². The van der Waals surface area contributed by atoms with Crippen LogP contribution in [-0.4, -0.2) is 24.6 Å². The third-order valence-electron chi connectivity index (χ3n) is 5.12. The SMILES string of the molecule is COc1ccc2c(c1)OCC(C(=O)NCc1c(C)ccc3ncccc13)C2. The molecule has 2 aromatic carbocycles. The monoisotopic (exact) mass is 362 g/mol. The Morgan fingerprint density at radius 3 is 3.04 bits per heavy atom. The lowest BCUT2D eigenvalue weighted by molar-refractivity contribution is -0.126. The summed E-state index contributed by atoms with van der Waals surface area (Å²) in [6, 6.07) is 13.8. The minimum absolute atomic E-state index is 0.0109. The summed E-state index contributed by atoms with van der Waals surface area (Å²) >= 11 is 0. The van der Waals surface area contributed by atoms with E-state index in [0.717, 1.165) is 39.1 Å². The van der Waals surface area contributed by atoms with Crippen LogP contribution in [-0.2, 0) is 17.8 Å². The van der Waals surface area contributed by atoms with Gasteiger partial charge in [0.1, 0.15) is 18.1 Å². The van der Waals surface area contributed by atoms with Crippen LogP contribution in [0.4, 0.5) is 0 Å². The maximum absolute atomic E-state index is 12.7. The highest BCUT2D eigenvalue weighted by Gasteiger charge is 2.26. The van der Waals surface area contributed by atoms with Crippen molar-refractivity contribution >= 4 is 16.8 Å². The van der Waals surface area contributed by atoms with Gasteiger partial charge < -0.3 is 14.8 Å². The van der Waals surface area contributed by atoms with Gasteiger partial charge in [0, 0.05) is 24.2 Å². The van der Waals surface area contributed by atoms with Crippen LogP contribution in [0.1, 0.15) is 16.7 Å². The molecule has 0 radical (unpaired) electrons. The molecule has 2 heterocycles. The van der Waals surface area contributed by atoms with E-state index in [1.807, 2.05) is 42.5 Å². The Balaban J connectivity index is 1.47. The van der Waals surface area contributed by atoms with Gasteiger partial charge in [-0.1, -0.05) is 18.2 Å². The van der Waals surface area contributed by atoms with Gasteiger partial charge in [0.2, 0.25) is 5.91 Å². The summed E-state index contributed by atoms with van der Waals surface area (Å²) in [4.78, 5) is 17.1. The van der Waals surface area contributed by atoms with E-state index in [0.29, 0.717) is 19.6 Å². The largest absolute Gasteiger partial charge is 0.497 e. The Bertz CT molecular complexity index is 1000. The quantitative estimate of drug-likeness (QED) is 0.773. The van der Waals surface area contributed by atoms with Crippen molar-refractivity contribution in [2.24, 2.45) is 5.92 Å².